The van der Waals surface area contributed by atoms with Crippen molar-refractivity contribution >= 4 is 10.0 Å². The zero-order chi connectivity index (χ0) is 17.5. The second-order valence-corrected chi connectivity index (χ2v) is 7.57. The monoisotopic (exact) mass is 354 g/mol. The van der Waals surface area contributed by atoms with Gasteiger partial charge in [0.15, 0.2) is 0 Å². The van der Waals surface area contributed by atoms with Crippen LogP contribution in [0.15, 0.2) is 23.4 Å². The summed E-state index contributed by atoms with van der Waals surface area (Å²) in [6.45, 7) is 4.22. The van der Waals surface area contributed by atoms with Gasteiger partial charge in [-0.3, -0.25) is 9.67 Å². The number of hydrogen-bond donors (Lipinski definition) is 1. The minimum absolute atomic E-state index is 0.201. The Labute approximate surface area is 139 Å². The smallest absolute Gasteiger partial charge is 0.242 e. The van der Waals surface area contributed by atoms with Gasteiger partial charge < -0.3 is 4.74 Å². The Morgan fingerprint density at radius 1 is 1.38 bits per heavy atom. The van der Waals surface area contributed by atoms with Crippen LogP contribution in [0.5, 0.6) is 0 Å². The first-order chi connectivity index (χ1) is 11.3. The van der Waals surface area contributed by atoms with Crippen molar-refractivity contribution in [2.75, 3.05) is 6.61 Å². The summed E-state index contributed by atoms with van der Waals surface area (Å²) in [5, 5.41) is 4.36. The lowest BCUT2D eigenvalue weighted by Crippen LogP contribution is -2.37. The molecule has 2 aromatic heterocycles. The zero-order valence-electron chi connectivity index (χ0n) is 13.7. The molecule has 3 rings (SSSR count). The van der Waals surface area contributed by atoms with E-state index in [2.05, 4.69) is 14.8 Å². The SMILES string of the molecule is Cc1nn(C)c(C)c1[C@H]1OCC[C@@H]1NS(=O)(=O)c1cncc(F)c1. The lowest BCUT2D eigenvalue weighted by Gasteiger charge is -2.20. The molecule has 1 N–H and O–H groups in total. The Balaban J connectivity index is 1.89. The van der Waals surface area contributed by atoms with Crippen LogP contribution in [-0.2, 0) is 21.8 Å². The average Bonchev–Trinajstić information content (AvgIpc) is 3.03. The minimum atomic E-state index is -3.89. The van der Waals surface area contributed by atoms with Gasteiger partial charge in [0.1, 0.15) is 16.8 Å². The fraction of sp³-hybridized carbons (Fsp3) is 0.467. The highest BCUT2D eigenvalue weighted by molar-refractivity contribution is 7.89. The summed E-state index contributed by atoms with van der Waals surface area (Å²) in [4.78, 5) is 3.39. The molecule has 0 aromatic carbocycles. The molecule has 130 valence electrons. The largest absolute Gasteiger partial charge is 0.372 e. The zero-order valence-corrected chi connectivity index (χ0v) is 14.5. The first kappa shape index (κ1) is 17.0. The molecule has 9 heteroatoms. The number of ether oxygens (including phenoxy) is 1. The van der Waals surface area contributed by atoms with Crippen LogP contribution in [0.3, 0.4) is 0 Å². The first-order valence-electron chi connectivity index (χ1n) is 7.54. The fourth-order valence-corrected chi connectivity index (χ4v) is 4.25. The maximum atomic E-state index is 13.3. The highest BCUT2D eigenvalue weighted by Gasteiger charge is 2.36. The van der Waals surface area contributed by atoms with Crippen LogP contribution in [0, 0.1) is 19.7 Å². The van der Waals surface area contributed by atoms with Crippen LogP contribution in [0.25, 0.3) is 0 Å². The summed E-state index contributed by atoms with van der Waals surface area (Å²) in [5.74, 6) is -0.698. The lowest BCUT2D eigenvalue weighted by atomic mass is 10.0. The van der Waals surface area contributed by atoms with E-state index in [1.54, 1.807) is 4.68 Å². The fourth-order valence-electron chi connectivity index (χ4n) is 3.00. The highest BCUT2D eigenvalue weighted by Crippen LogP contribution is 2.33. The van der Waals surface area contributed by atoms with Crippen molar-refractivity contribution < 1.29 is 17.5 Å². The lowest BCUT2D eigenvalue weighted by molar-refractivity contribution is 0.101. The van der Waals surface area contributed by atoms with Crippen molar-refractivity contribution in [3.05, 3.63) is 41.2 Å². The summed E-state index contributed by atoms with van der Waals surface area (Å²) < 4.78 is 48.4. The molecule has 0 bridgehead atoms. The molecule has 0 aliphatic carbocycles. The molecule has 3 heterocycles. The topological polar surface area (TPSA) is 86.1 Å². The minimum Gasteiger partial charge on any atom is -0.372 e. The normalized spacial score (nSPS) is 21.3. The Morgan fingerprint density at radius 2 is 2.12 bits per heavy atom. The van der Waals surface area contributed by atoms with Crippen molar-refractivity contribution in [1.29, 1.82) is 0 Å². The number of aromatic nitrogens is 3. The van der Waals surface area contributed by atoms with E-state index < -0.39 is 28.0 Å². The van der Waals surface area contributed by atoms with E-state index in [0.29, 0.717) is 13.0 Å². The molecule has 0 unspecified atom stereocenters. The summed E-state index contributed by atoms with van der Waals surface area (Å²) in [7, 11) is -2.05. The predicted molar refractivity (Wildman–Crippen MR) is 84.3 cm³/mol. The molecule has 0 spiro atoms. The van der Waals surface area contributed by atoms with Crippen LogP contribution in [-0.4, -0.2) is 35.8 Å². The summed E-state index contributed by atoms with van der Waals surface area (Å²) in [6, 6.07) is 0.501. The molecule has 1 fully saturated rings. The molecular weight excluding hydrogens is 335 g/mol. The molecule has 2 atom stereocenters. The van der Waals surface area contributed by atoms with Crippen molar-refractivity contribution in [2.45, 2.75) is 37.3 Å². The van der Waals surface area contributed by atoms with Crippen LogP contribution < -0.4 is 4.72 Å². The second kappa shape index (κ2) is 6.23. The van der Waals surface area contributed by atoms with Gasteiger partial charge in [-0.2, -0.15) is 5.10 Å². The maximum Gasteiger partial charge on any atom is 0.242 e. The van der Waals surface area contributed by atoms with E-state index >= 15 is 0 Å². The van der Waals surface area contributed by atoms with E-state index in [4.69, 9.17) is 4.74 Å². The number of nitrogens with zero attached hydrogens (tertiary/aromatic N) is 3. The Kier molecular flexibility index (Phi) is 4.41. The van der Waals surface area contributed by atoms with E-state index in [1.807, 2.05) is 20.9 Å². The standard InChI is InChI=1S/C15H19FN4O3S/c1-9-14(10(2)20(3)18-9)15-13(4-5-23-15)19-24(21,22)12-6-11(16)7-17-8-12/h6-8,13,15,19H,4-5H2,1-3H3/t13-,15-/m0/s1. The van der Waals surface area contributed by atoms with Crippen molar-refractivity contribution in [1.82, 2.24) is 19.5 Å². The number of hydrogen-bond acceptors (Lipinski definition) is 5. The molecule has 0 amide bonds. The average molecular weight is 354 g/mol. The van der Waals surface area contributed by atoms with E-state index in [0.717, 1.165) is 35.4 Å². The van der Waals surface area contributed by atoms with Crippen LogP contribution in [0.1, 0.15) is 29.5 Å². The van der Waals surface area contributed by atoms with Gasteiger partial charge in [-0.15, -0.1) is 0 Å². The summed E-state index contributed by atoms with van der Waals surface area (Å²) in [5.41, 5.74) is 2.62. The first-order valence-corrected chi connectivity index (χ1v) is 9.02. The Morgan fingerprint density at radius 3 is 2.75 bits per heavy atom. The number of aryl methyl sites for hydroxylation is 2. The third-order valence-corrected chi connectivity index (χ3v) is 5.69. The molecule has 24 heavy (non-hydrogen) atoms. The predicted octanol–water partition coefficient (Wildman–Crippen LogP) is 1.38. The summed E-state index contributed by atoms with van der Waals surface area (Å²) in [6.07, 6.45) is 2.19. The van der Waals surface area contributed by atoms with Crippen LogP contribution >= 0.6 is 0 Å². The number of rotatable bonds is 4. The highest BCUT2D eigenvalue weighted by atomic mass is 32.2. The third-order valence-electron chi connectivity index (χ3n) is 4.24. The molecule has 1 saturated heterocycles. The molecule has 1 aliphatic rings. The van der Waals surface area contributed by atoms with Crippen molar-refractivity contribution in [3.63, 3.8) is 0 Å². The van der Waals surface area contributed by atoms with Gasteiger partial charge >= 0.3 is 0 Å². The quantitative estimate of drug-likeness (QED) is 0.896. The molecule has 7 nitrogen and oxygen atoms in total. The number of sulfonamides is 1. The van der Waals surface area contributed by atoms with Crippen LogP contribution in [0.4, 0.5) is 4.39 Å². The maximum absolute atomic E-state index is 13.3. The van der Waals surface area contributed by atoms with Gasteiger partial charge in [0, 0.05) is 31.1 Å². The Hall–Kier alpha value is -1.84. The van der Waals surface area contributed by atoms with E-state index in [1.165, 1.54) is 0 Å². The van der Waals surface area contributed by atoms with Crippen LogP contribution in [0.2, 0.25) is 0 Å². The van der Waals surface area contributed by atoms with Gasteiger partial charge in [0.2, 0.25) is 10.0 Å². The summed E-state index contributed by atoms with van der Waals surface area (Å²) >= 11 is 0. The molecular formula is C15H19FN4O3S. The van der Waals surface area contributed by atoms with Gasteiger partial charge in [-0.1, -0.05) is 0 Å². The number of pyridine rings is 1. The molecule has 0 saturated carbocycles. The van der Waals surface area contributed by atoms with Gasteiger partial charge in [0.05, 0.1) is 17.9 Å². The third kappa shape index (κ3) is 3.06. The number of nitrogens with one attached hydrogen (secondary N) is 1. The number of halogens is 1. The molecule has 2 aromatic rings. The second-order valence-electron chi connectivity index (χ2n) is 5.85. The van der Waals surface area contributed by atoms with Gasteiger partial charge in [-0.25, -0.2) is 17.5 Å². The van der Waals surface area contributed by atoms with E-state index in [-0.39, 0.29) is 4.90 Å². The van der Waals surface area contributed by atoms with Crippen molar-refractivity contribution in [3.8, 4) is 0 Å². The van der Waals surface area contributed by atoms with E-state index in [9.17, 15) is 12.8 Å². The van der Waals surface area contributed by atoms with Gasteiger partial charge in [0.25, 0.3) is 0 Å². The molecule has 0 radical (unpaired) electrons. The Bertz CT molecular complexity index is 866. The molecule has 1 aliphatic heterocycles. The van der Waals surface area contributed by atoms with Crippen molar-refractivity contribution in [2.24, 2.45) is 7.05 Å². The van der Waals surface area contributed by atoms with Gasteiger partial charge in [-0.05, 0) is 26.3 Å².